The molecule has 0 bridgehead atoms. The van der Waals surface area contributed by atoms with Gasteiger partial charge >= 0.3 is 12.0 Å². The molecule has 0 radical (unpaired) electrons. The van der Waals surface area contributed by atoms with Gasteiger partial charge in [-0.25, -0.2) is 4.79 Å². The van der Waals surface area contributed by atoms with Crippen molar-refractivity contribution in [1.29, 1.82) is 0 Å². The Bertz CT molecular complexity index is 614. The minimum atomic E-state index is -0.326. The number of hydrazone groups is 1. The number of nitrogens with two attached hydrogens (primary N) is 1. The number of hydrogen-bond donors (Lipinski definition) is 3. The summed E-state index contributed by atoms with van der Waals surface area (Å²) in [4.78, 5) is 23.5. The summed E-state index contributed by atoms with van der Waals surface area (Å²) in [5.41, 5.74) is 2.20. The molecule has 1 unspecified atom stereocenters. The van der Waals surface area contributed by atoms with E-state index in [-0.39, 0.29) is 24.5 Å². The third-order valence-electron chi connectivity index (χ3n) is 3.89. The van der Waals surface area contributed by atoms with E-state index in [1.54, 1.807) is 19.2 Å². The van der Waals surface area contributed by atoms with E-state index in [9.17, 15) is 9.59 Å². The summed E-state index contributed by atoms with van der Waals surface area (Å²) in [6.07, 6.45) is 6.69. The molecule has 1 atom stereocenters. The summed E-state index contributed by atoms with van der Waals surface area (Å²) in [7, 11) is 0. The van der Waals surface area contributed by atoms with E-state index in [0.717, 1.165) is 24.8 Å². The molecule has 0 spiro atoms. The third-order valence-corrected chi connectivity index (χ3v) is 3.89. The molecule has 0 saturated heterocycles. The maximum Gasteiger partial charge on any atom is 0.315 e. The van der Waals surface area contributed by atoms with Gasteiger partial charge in [-0.1, -0.05) is 30.3 Å². The molecule has 0 saturated carbocycles. The first kappa shape index (κ1) is 22.2. The molecule has 148 valence electrons. The predicted octanol–water partition coefficient (Wildman–Crippen LogP) is 2.50. The standard InChI is InChI=1S/C20H30N4O3/c1-3-7-18(14-19(25)27-4-2)24-20(26)22-13-6-5-8-16-9-11-17(12-10-16)15-23-21/h3,9-12,15,18H,1,4-8,13-14,21H2,2H3,(H2,22,24,26). The van der Waals surface area contributed by atoms with Crippen LogP contribution < -0.4 is 16.5 Å². The van der Waals surface area contributed by atoms with Gasteiger partial charge in [0.2, 0.25) is 0 Å². The van der Waals surface area contributed by atoms with Crippen molar-refractivity contribution in [3.05, 3.63) is 48.0 Å². The largest absolute Gasteiger partial charge is 0.466 e. The predicted molar refractivity (Wildman–Crippen MR) is 108 cm³/mol. The van der Waals surface area contributed by atoms with Crippen LogP contribution in [0, 0.1) is 0 Å². The number of nitrogens with zero attached hydrogens (tertiary/aromatic N) is 1. The molecular formula is C20H30N4O3. The van der Waals surface area contributed by atoms with Crippen LogP contribution >= 0.6 is 0 Å². The van der Waals surface area contributed by atoms with Gasteiger partial charge < -0.3 is 21.2 Å². The fourth-order valence-electron chi connectivity index (χ4n) is 2.56. The average molecular weight is 374 g/mol. The van der Waals surface area contributed by atoms with Crippen molar-refractivity contribution in [2.45, 2.75) is 45.1 Å². The fraction of sp³-hybridized carbons (Fsp3) is 0.450. The number of rotatable bonds is 12. The second-order valence-electron chi connectivity index (χ2n) is 6.11. The molecule has 27 heavy (non-hydrogen) atoms. The van der Waals surface area contributed by atoms with Crippen molar-refractivity contribution in [1.82, 2.24) is 10.6 Å². The molecule has 1 aromatic carbocycles. The number of esters is 1. The van der Waals surface area contributed by atoms with Crippen molar-refractivity contribution >= 4 is 18.2 Å². The highest BCUT2D eigenvalue weighted by atomic mass is 16.5. The second kappa shape index (κ2) is 13.4. The molecule has 0 aromatic heterocycles. The summed E-state index contributed by atoms with van der Waals surface area (Å²) in [6.45, 7) is 6.31. The molecule has 0 aliphatic heterocycles. The van der Waals surface area contributed by atoms with Crippen LogP contribution in [0.1, 0.15) is 43.7 Å². The maximum absolute atomic E-state index is 12.0. The first-order chi connectivity index (χ1) is 13.1. The number of amides is 2. The van der Waals surface area contributed by atoms with Crippen molar-refractivity contribution in [2.24, 2.45) is 10.9 Å². The summed E-state index contributed by atoms with van der Waals surface area (Å²) >= 11 is 0. The molecule has 1 rings (SSSR count). The van der Waals surface area contributed by atoms with Crippen LogP contribution in [0.4, 0.5) is 4.79 Å². The van der Waals surface area contributed by atoms with E-state index in [0.29, 0.717) is 19.6 Å². The summed E-state index contributed by atoms with van der Waals surface area (Å²) in [5.74, 6) is 4.80. The van der Waals surface area contributed by atoms with E-state index in [2.05, 4.69) is 22.3 Å². The van der Waals surface area contributed by atoms with Crippen molar-refractivity contribution in [3.8, 4) is 0 Å². The highest BCUT2D eigenvalue weighted by Gasteiger charge is 2.15. The van der Waals surface area contributed by atoms with E-state index in [1.807, 2.05) is 24.3 Å². The highest BCUT2D eigenvalue weighted by Crippen LogP contribution is 2.07. The van der Waals surface area contributed by atoms with Crippen LogP contribution in [0.15, 0.2) is 42.0 Å². The van der Waals surface area contributed by atoms with Crippen LogP contribution in [0.2, 0.25) is 0 Å². The summed E-state index contributed by atoms with van der Waals surface area (Å²) in [5, 5.41) is 9.10. The number of benzene rings is 1. The zero-order chi connectivity index (χ0) is 19.9. The highest BCUT2D eigenvalue weighted by molar-refractivity contribution is 5.79. The molecule has 4 N–H and O–H groups in total. The minimum absolute atomic E-state index is 0.137. The van der Waals surface area contributed by atoms with Gasteiger partial charge in [0.25, 0.3) is 0 Å². The quantitative estimate of drug-likeness (QED) is 0.130. The zero-order valence-electron chi connectivity index (χ0n) is 15.9. The average Bonchev–Trinajstić information content (AvgIpc) is 2.63. The van der Waals surface area contributed by atoms with Gasteiger partial charge in [-0.2, -0.15) is 5.10 Å². The Labute approximate surface area is 161 Å². The first-order valence-electron chi connectivity index (χ1n) is 9.22. The molecule has 0 fully saturated rings. The lowest BCUT2D eigenvalue weighted by atomic mass is 10.1. The van der Waals surface area contributed by atoms with E-state index < -0.39 is 0 Å². The monoisotopic (exact) mass is 374 g/mol. The lowest BCUT2D eigenvalue weighted by molar-refractivity contribution is -0.143. The maximum atomic E-state index is 12.0. The van der Waals surface area contributed by atoms with E-state index >= 15 is 0 Å². The topological polar surface area (TPSA) is 106 Å². The molecule has 7 heteroatoms. The molecular weight excluding hydrogens is 344 g/mol. The summed E-state index contributed by atoms with van der Waals surface area (Å²) < 4.78 is 4.92. The molecule has 7 nitrogen and oxygen atoms in total. The van der Waals surface area contributed by atoms with Crippen molar-refractivity contribution in [3.63, 3.8) is 0 Å². The van der Waals surface area contributed by atoms with E-state index in [1.165, 1.54) is 5.56 Å². The van der Waals surface area contributed by atoms with Gasteiger partial charge in [-0.05, 0) is 43.7 Å². The van der Waals surface area contributed by atoms with Gasteiger partial charge in [0, 0.05) is 12.6 Å². The smallest absolute Gasteiger partial charge is 0.315 e. The van der Waals surface area contributed by atoms with Gasteiger partial charge in [-0.3, -0.25) is 4.79 Å². The van der Waals surface area contributed by atoms with Crippen LogP contribution in [0.3, 0.4) is 0 Å². The van der Waals surface area contributed by atoms with Crippen LogP contribution in [-0.2, 0) is 16.0 Å². The number of unbranched alkanes of at least 4 members (excludes halogenated alkanes) is 1. The molecule has 0 aliphatic carbocycles. The normalized spacial score (nSPS) is 11.7. The Hall–Kier alpha value is -2.83. The number of urea groups is 1. The second-order valence-corrected chi connectivity index (χ2v) is 6.11. The number of aryl methyl sites for hydroxylation is 1. The molecule has 0 aliphatic rings. The van der Waals surface area contributed by atoms with Gasteiger partial charge in [0.05, 0.1) is 19.2 Å². The Kier molecular flexibility index (Phi) is 11.0. The minimum Gasteiger partial charge on any atom is -0.466 e. The van der Waals surface area contributed by atoms with Crippen LogP contribution in [0.25, 0.3) is 0 Å². The van der Waals surface area contributed by atoms with Gasteiger partial charge in [0.1, 0.15) is 0 Å². The molecule has 0 heterocycles. The van der Waals surface area contributed by atoms with Crippen molar-refractivity contribution in [2.75, 3.05) is 13.2 Å². The Morgan fingerprint density at radius 3 is 2.67 bits per heavy atom. The van der Waals surface area contributed by atoms with Gasteiger partial charge in [0.15, 0.2) is 0 Å². The number of carbonyl (C=O) groups excluding carboxylic acids is 2. The van der Waals surface area contributed by atoms with E-state index in [4.69, 9.17) is 10.6 Å². The number of carbonyl (C=O) groups is 2. The molecule has 1 aromatic rings. The SMILES string of the molecule is C=CCC(CC(=O)OCC)NC(=O)NCCCCc1ccc(C=NN)cc1. The molecule has 2 amide bonds. The first-order valence-corrected chi connectivity index (χ1v) is 9.22. The fourth-order valence-corrected chi connectivity index (χ4v) is 2.56. The lowest BCUT2D eigenvalue weighted by Gasteiger charge is -2.17. The zero-order valence-corrected chi connectivity index (χ0v) is 15.9. The number of nitrogens with one attached hydrogen (secondary N) is 2. The Morgan fingerprint density at radius 2 is 2.04 bits per heavy atom. The third kappa shape index (κ3) is 10.0. The van der Waals surface area contributed by atoms with Crippen LogP contribution in [-0.4, -0.2) is 37.4 Å². The summed E-state index contributed by atoms with van der Waals surface area (Å²) in [6, 6.07) is 7.45. The Balaban J connectivity index is 2.24. The Morgan fingerprint density at radius 1 is 1.30 bits per heavy atom. The van der Waals surface area contributed by atoms with Gasteiger partial charge in [-0.15, -0.1) is 6.58 Å². The van der Waals surface area contributed by atoms with Crippen molar-refractivity contribution < 1.29 is 14.3 Å². The lowest BCUT2D eigenvalue weighted by Crippen LogP contribution is -2.43. The number of hydrogen-bond acceptors (Lipinski definition) is 5. The number of ether oxygens (including phenoxy) is 1. The van der Waals surface area contributed by atoms with Crippen LogP contribution in [0.5, 0.6) is 0 Å².